The molecule has 2 heterocycles. The third kappa shape index (κ3) is 2.32. The number of anilines is 1. The van der Waals surface area contributed by atoms with Gasteiger partial charge in [-0.2, -0.15) is 0 Å². The first-order valence-electron chi connectivity index (χ1n) is 6.77. The van der Waals surface area contributed by atoms with Crippen LogP contribution in [-0.4, -0.2) is 47.0 Å². The highest BCUT2D eigenvalue weighted by Gasteiger charge is 2.10. The van der Waals surface area contributed by atoms with Crippen molar-refractivity contribution in [1.82, 2.24) is 19.9 Å². The highest BCUT2D eigenvalue weighted by molar-refractivity contribution is 6.11. The van der Waals surface area contributed by atoms with Crippen LogP contribution in [0.1, 0.15) is 5.56 Å². The van der Waals surface area contributed by atoms with Crippen LogP contribution in [0, 0.1) is 6.92 Å². The monoisotopic (exact) mass is 269 g/mol. The molecule has 1 aromatic carbocycles. The topological polar surface area (TPSA) is 56.8 Å². The Hall–Kier alpha value is -2.14. The maximum absolute atomic E-state index is 4.39. The van der Waals surface area contributed by atoms with E-state index < -0.39 is 0 Å². The van der Waals surface area contributed by atoms with Crippen LogP contribution in [0.25, 0.3) is 21.9 Å². The van der Waals surface area contributed by atoms with Gasteiger partial charge in [0.15, 0.2) is 0 Å². The van der Waals surface area contributed by atoms with Crippen LogP contribution < -0.4 is 5.32 Å². The summed E-state index contributed by atoms with van der Waals surface area (Å²) in [5, 5.41) is 5.64. The lowest BCUT2D eigenvalue weighted by atomic mass is 10.1. The first kappa shape index (κ1) is 12.9. The summed E-state index contributed by atoms with van der Waals surface area (Å²) < 4.78 is 0. The first-order valence-corrected chi connectivity index (χ1v) is 6.77. The number of fused-ring (bicyclic) bond motifs is 3. The number of hydrogen-bond donors (Lipinski definition) is 2. The van der Waals surface area contributed by atoms with Crippen LogP contribution in [0.5, 0.6) is 0 Å². The zero-order valence-corrected chi connectivity index (χ0v) is 12.1. The number of H-pyrrole nitrogens is 1. The number of aromatic amines is 1. The Labute approximate surface area is 118 Å². The first-order chi connectivity index (χ1) is 9.65. The summed E-state index contributed by atoms with van der Waals surface area (Å²) in [6, 6.07) is 6.39. The van der Waals surface area contributed by atoms with Gasteiger partial charge in [0.1, 0.15) is 17.8 Å². The Balaban J connectivity index is 2.05. The van der Waals surface area contributed by atoms with Gasteiger partial charge in [0, 0.05) is 24.0 Å². The van der Waals surface area contributed by atoms with Gasteiger partial charge in [0.2, 0.25) is 0 Å². The predicted octanol–water partition coefficient (Wildman–Crippen LogP) is 2.39. The number of nitrogens with zero attached hydrogens (tertiary/aromatic N) is 3. The molecule has 2 N–H and O–H groups in total. The third-order valence-corrected chi connectivity index (χ3v) is 3.40. The summed E-state index contributed by atoms with van der Waals surface area (Å²) in [7, 11) is 4.12. The minimum Gasteiger partial charge on any atom is -0.368 e. The van der Waals surface area contributed by atoms with Gasteiger partial charge < -0.3 is 15.2 Å². The summed E-state index contributed by atoms with van der Waals surface area (Å²) in [6.45, 7) is 3.91. The van der Waals surface area contributed by atoms with Gasteiger partial charge in [-0.1, -0.05) is 12.1 Å². The summed E-state index contributed by atoms with van der Waals surface area (Å²) >= 11 is 0. The van der Waals surface area contributed by atoms with Gasteiger partial charge in [-0.3, -0.25) is 0 Å². The van der Waals surface area contributed by atoms with Gasteiger partial charge in [-0.25, -0.2) is 9.97 Å². The van der Waals surface area contributed by atoms with Crippen LogP contribution in [0.2, 0.25) is 0 Å². The molecule has 0 bridgehead atoms. The summed E-state index contributed by atoms with van der Waals surface area (Å²) in [6.07, 6.45) is 1.60. The van der Waals surface area contributed by atoms with Crippen molar-refractivity contribution in [2.45, 2.75) is 6.92 Å². The van der Waals surface area contributed by atoms with Crippen LogP contribution >= 0.6 is 0 Å². The molecule has 0 fully saturated rings. The number of nitrogens with one attached hydrogen (secondary N) is 2. The molecule has 20 heavy (non-hydrogen) atoms. The molecule has 0 saturated heterocycles. The molecule has 0 aliphatic heterocycles. The lowest BCUT2D eigenvalue weighted by Gasteiger charge is -2.11. The molecule has 0 radical (unpaired) electrons. The normalized spacial score (nSPS) is 11.6. The van der Waals surface area contributed by atoms with E-state index in [2.05, 4.69) is 64.4 Å². The molecule has 0 saturated carbocycles. The number of benzene rings is 1. The van der Waals surface area contributed by atoms with Gasteiger partial charge in [0.25, 0.3) is 0 Å². The van der Waals surface area contributed by atoms with Crippen molar-refractivity contribution >= 4 is 27.8 Å². The summed E-state index contributed by atoms with van der Waals surface area (Å²) in [5.41, 5.74) is 3.23. The molecule has 3 rings (SSSR count). The average molecular weight is 269 g/mol. The van der Waals surface area contributed by atoms with Gasteiger partial charge in [-0.15, -0.1) is 0 Å². The summed E-state index contributed by atoms with van der Waals surface area (Å²) in [5.74, 6) is 0.895. The Morgan fingerprint density at radius 1 is 1.25 bits per heavy atom. The minimum absolute atomic E-state index is 0.859. The van der Waals surface area contributed by atoms with Crippen LogP contribution in [0.4, 0.5) is 5.82 Å². The lowest BCUT2D eigenvalue weighted by Crippen LogP contribution is -2.21. The summed E-state index contributed by atoms with van der Waals surface area (Å²) in [4.78, 5) is 14.2. The average Bonchev–Trinajstić information content (AvgIpc) is 2.76. The minimum atomic E-state index is 0.859. The highest BCUT2D eigenvalue weighted by atomic mass is 15.1. The number of rotatable bonds is 4. The molecule has 0 amide bonds. The largest absolute Gasteiger partial charge is 0.368 e. The molecular weight excluding hydrogens is 250 g/mol. The zero-order valence-electron chi connectivity index (χ0n) is 12.1. The van der Waals surface area contributed by atoms with E-state index in [1.165, 1.54) is 10.9 Å². The Morgan fingerprint density at radius 2 is 2.10 bits per heavy atom. The van der Waals surface area contributed by atoms with Crippen LogP contribution in [0.3, 0.4) is 0 Å². The van der Waals surface area contributed by atoms with Crippen molar-refractivity contribution in [2.24, 2.45) is 0 Å². The molecule has 0 aliphatic carbocycles. The number of aryl methyl sites for hydroxylation is 1. The van der Waals surface area contributed by atoms with E-state index in [0.29, 0.717) is 0 Å². The van der Waals surface area contributed by atoms with Crippen LogP contribution in [0.15, 0.2) is 24.5 Å². The van der Waals surface area contributed by atoms with Crippen molar-refractivity contribution in [3.8, 4) is 0 Å². The van der Waals surface area contributed by atoms with Crippen molar-refractivity contribution in [2.75, 3.05) is 32.5 Å². The van der Waals surface area contributed by atoms with E-state index in [9.17, 15) is 0 Å². The van der Waals surface area contributed by atoms with Crippen molar-refractivity contribution in [3.63, 3.8) is 0 Å². The van der Waals surface area contributed by atoms with E-state index in [1.54, 1.807) is 6.33 Å². The molecule has 104 valence electrons. The molecule has 0 aliphatic rings. The van der Waals surface area contributed by atoms with Crippen molar-refractivity contribution in [1.29, 1.82) is 0 Å². The Bertz CT molecular complexity index is 744. The highest BCUT2D eigenvalue weighted by Crippen LogP contribution is 2.29. The number of likely N-dealkylation sites (N-methyl/N-ethyl adjacent to an activating group) is 1. The fraction of sp³-hybridized carbons (Fsp3) is 0.333. The second-order valence-corrected chi connectivity index (χ2v) is 5.35. The predicted molar refractivity (Wildman–Crippen MR) is 83.2 cm³/mol. The standard InChI is InChI=1S/C15H19N5/c1-10-4-5-11-12(8-10)19-15-13(11)14(17-9-18-15)16-6-7-20(2)3/h4-5,8-9H,6-7H2,1-3H3,(H2,16,17,18,19). The number of aromatic nitrogens is 3. The van der Waals surface area contributed by atoms with E-state index in [1.807, 2.05) is 0 Å². The van der Waals surface area contributed by atoms with Crippen molar-refractivity contribution in [3.05, 3.63) is 30.1 Å². The zero-order chi connectivity index (χ0) is 14.1. The molecular formula is C15H19N5. The van der Waals surface area contributed by atoms with Crippen molar-refractivity contribution < 1.29 is 0 Å². The fourth-order valence-corrected chi connectivity index (χ4v) is 2.37. The molecule has 3 aromatic rings. The molecule has 0 atom stereocenters. The van der Waals surface area contributed by atoms with Gasteiger partial charge >= 0.3 is 0 Å². The van der Waals surface area contributed by atoms with E-state index in [-0.39, 0.29) is 0 Å². The smallest absolute Gasteiger partial charge is 0.143 e. The van der Waals surface area contributed by atoms with E-state index in [4.69, 9.17) is 0 Å². The molecule has 0 spiro atoms. The maximum atomic E-state index is 4.39. The molecule has 5 nitrogen and oxygen atoms in total. The molecule has 2 aromatic heterocycles. The second-order valence-electron chi connectivity index (χ2n) is 5.35. The van der Waals surface area contributed by atoms with E-state index >= 15 is 0 Å². The fourth-order valence-electron chi connectivity index (χ4n) is 2.37. The van der Waals surface area contributed by atoms with E-state index in [0.717, 1.165) is 35.5 Å². The Kier molecular flexibility index (Phi) is 3.28. The quantitative estimate of drug-likeness (QED) is 0.763. The maximum Gasteiger partial charge on any atom is 0.143 e. The lowest BCUT2D eigenvalue weighted by molar-refractivity contribution is 0.425. The number of hydrogen-bond acceptors (Lipinski definition) is 4. The van der Waals surface area contributed by atoms with Gasteiger partial charge in [-0.05, 0) is 32.6 Å². The van der Waals surface area contributed by atoms with Crippen LogP contribution in [-0.2, 0) is 0 Å². The Morgan fingerprint density at radius 3 is 2.90 bits per heavy atom. The molecule has 0 unspecified atom stereocenters. The molecule has 5 heteroatoms. The SMILES string of the molecule is Cc1ccc2c(c1)[nH]c1ncnc(NCCN(C)C)c12. The third-order valence-electron chi connectivity index (χ3n) is 3.40. The second kappa shape index (κ2) is 5.09. The van der Waals surface area contributed by atoms with Gasteiger partial charge in [0.05, 0.1) is 5.39 Å².